The minimum atomic E-state index is 0.250. The minimum absolute atomic E-state index is 0.250. The molecule has 2 heterocycles. The summed E-state index contributed by atoms with van der Waals surface area (Å²) in [5.41, 5.74) is 12.3. The molecule has 0 radical (unpaired) electrons. The molecule has 0 spiro atoms. The van der Waals surface area contributed by atoms with Gasteiger partial charge in [0.1, 0.15) is 0 Å². The summed E-state index contributed by atoms with van der Waals surface area (Å²) in [6, 6.07) is 8.09. The van der Waals surface area contributed by atoms with Crippen LogP contribution < -0.4 is 21.7 Å². The summed E-state index contributed by atoms with van der Waals surface area (Å²) in [7, 11) is 3.43. The number of carbonyl (C=O) groups excluding carboxylic acids is 1. The van der Waals surface area contributed by atoms with E-state index in [1.165, 1.54) is 37.4 Å². The van der Waals surface area contributed by atoms with E-state index in [9.17, 15) is 0 Å². The zero-order chi connectivity index (χ0) is 22.1. The van der Waals surface area contributed by atoms with Crippen molar-refractivity contribution in [2.75, 3.05) is 32.1 Å². The van der Waals surface area contributed by atoms with Gasteiger partial charge in [0.05, 0.1) is 6.20 Å². The van der Waals surface area contributed by atoms with Crippen molar-refractivity contribution >= 4 is 23.8 Å². The van der Waals surface area contributed by atoms with Crippen molar-refractivity contribution in [3.63, 3.8) is 0 Å². The Hall–Kier alpha value is -2.22. The fraction of sp³-hybridized carbons (Fsp3) is 0.476. The van der Waals surface area contributed by atoms with Crippen LogP contribution in [0.5, 0.6) is 0 Å². The molecule has 1 aliphatic heterocycles. The van der Waals surface area contributed by atoms with E-state index < -0.39 is 0 Å². The molecule has 2 aromatic rings. The van der Waals surface area contributed by atoms with E-state index >= 15 is 0 Å². The molecule has 0 saturated carbocycles. The molecule has 0 bridgehead atoms. The molecule has 1 amide bonds. The number of rotatable bonds is 3. The lowest BCUT2D eigenvalue weighted by molar-refractivity contribution is -0.106. The van der Waals surface area contributed by atoms with Gasteiger partial charge in [0.25, 0.3) is 0 Å². The maximum absolute atomic E-state index is 8.58. The Bertz CT molecular complexity index is 693. The minimum Gasteiger partial charge on any atom is -0.372 e. The van der Waals surface area contributed by atoms with Crippen LogP contribution in [0.2, 0.25) is 5.02 Å². The fourth-order valence-corrected chi connectivity index (χ4v) is 2.94. The smallest absolute Gasteiger partial charge is 0.204 e. The molecule has 29 heavy (non-hydrogen) atoms. The number of aromatic nitrogens is 2. The molecular weight excluding hydrogens is 388 g/mol. The largest absolute Gasteiger partial charge is 0.372 e. The van der Waals surface area contributed by atoms with E-state index in [0.717, 1.165) is 36.0 Å². The molecule has 1 aromatic heterocycles. The maximum atomic E-state index is 8.58. The van der Waals surface area contributed by atoms with Crippen LogP contribution >= 0.6 is 11.6 Å². The summed E-state index contributed by atoms with van der Waals surface area (Å²) < 4.78 is 0. The van der Waals surface area contributed by atoms with Gasteiger partial charge in [0.2, 0.25) is 6.41 Å². The lowest BCUT2D eigenvalue weighted by atomic mass is 10.1. The van der Waals surface area contributed by atoms with Crippen LogP contribution in [0.3, 0.4) is 0 Å². The Morgan fingerprint density at radius 2 is 1.76 bits per heavy atom. The number of anilines is 1. The average molecular weight is 423 g/mol. The number of hydrogen-bond acceptors (Lipinski definition) is 6. The highest BCUT2D eigenvalue weighted by Crippen LogP contribution is 2.19. The van der Waals surface area contributed by atoms with Gasteiger partial charge < -0.3 is 21.7 Å². The van der Waals surface area contributed by atoms with E-state index in [-0.39, 0.29) is 6.41 Å². The van der Waals surface area contributed by atoms with Crippen LogP contribution in [0.25, 0.3) is 0 Å². The van der Waals surface area contributed by atoms with Crippen LogP contribution in [0.4, 0.5) is 5.82 Å². The Morgan fingerprint density at radius 1 is 1.14 bits per heavy atom. The Morgan fingerprint density at radius 3 is 2.28 bits per heavy atom. The number of aryl methyl sites for hydroxylation is 2. The van der Waals surface area contributed by atoms with Crippen LogP contribution in [0, 0.1) is 13.8 Å². The Kier molecular flexibility index (Phi) is 15.4. The summed E-state index contributed by atoms with van der Waals surface area (Å²) in [5, 5.41) is 12.0. The lowest BCUT2D eigenvalue weighted by Gasteiger charge is -2.28. The molecule has 5 N–H and O–H groups in total. The molecule has 162 valence electrons. The van der Waals surface area contributed by atoms with Crippen LogP contribution in [-0.4, -0.2) is 43.8 Å². The normalized spacial score (nSPS) is 12.3. The topological polar surface area (TPSA) is 110 Å². The predicted molar refractivity (Wildman–Crippen MR) is 122 cm³/mol. The number of carbonyl (C=O) groups is 1. The first-order valence-corrected chi connectivity index (χ1v) is 10.1. The van der Waals surface area contributed by atoms with Gasteiger partial charge in [-0.2, -0.15) is 5.10 Å². The second-order valence-electron chi connectivity index (χ2n) is 6.34. The summed E-state index contributed by atoms with van der Waals surface area (Å²) >= 11 is 5.86. The maximum Gasteiger partial charge on any atom is 0.204 e. The molecule has 1 fully saturated rings. The molecule has 8 heteroatoms. The highest BCUT2D eigenvalue weighted by molar-refractivity contribution is 6.31. The summed E-state index contributed by atoms with van der Waals surface area (Å²) in [4.78, 5) is 10.9. The third kappa shape index (κ3) is 10.8. The van der Waals surface area contributed by atoms with E-state index in [0.29, 0.717) is 0 Å². The van der Waals surface area contributed by atoms with Crippen molar-refractivity contribution in [1.82, 2.24) is 15.5 Å². The van der Waals surface area contributed by atoms with E-state index in [4.69, 9.17) is 16.4 Å². The number of hydrogen-bond donors (Lipinski definition) is 3. The molecule has 1 saturated heterocycles. The van der Waals surface area contributed by atoms with Crippen molar-refractivity contribution in [3.8, 4) is 0 Å². The predicted octanol–water partition coefficient (Wildman–Crippen LogP) is 2.82. The lowest BCUT2D eigenvalue weighted by Crippen LogP contribution is -2.30. The Labute approximate surface area is 179 Å². The van der Waals surface area contributed by atoms with Crippen molar-refractivity contribution in [2.45, 2.75) is 39.7 Å². The van der Waals surface area contributed by atoms with E-state index in [2.05, 4.69) is 44.9 Å². The van der Waals surface area contributed by atoms with Crippen LogP contribution in [-0.2, 0) is 11.3 Å². The molecule has 0 aliphatic carbocycles. The quantitative estimate of drug-likeness (QED) is 0.656. The van der Waals surface area contributed by atoms with Crippen molar-refractivity contribution in [1.29, 1.82) is 0 Å². The van der Waals surface area contributed by atoms with Crippen LogP contribution in [0.15, 0.2) is 30.5 Å². The number of piperidine rings is 1. The van der Waals surface area contributed by atoms with Gasteiger partial charge in [0, 0.05) is 24.7 Å². The summed E-state index contributed by atoms with van der Waals surface area (Å²) in [5.74, 6) is 1.07. The first-order chi connectivity index (χ1) is 14.0. The number of benzene rings is 1. The standard InChI is InChI=1S/C10H15N3.C9H12ClN.CH3NO.CH5N/c1-9-5-6-11-12-10(9)13-7-3-2-4-8-13;1-7-5-8(6-11-2)3-4-9(7)10;2-1-3;1-2/h5-6H,2-4,7-8H2,1H3;3-5,11H,6H2,1-2H3;1H,(H2,2,3);2H2,1H3. The molecule has 1 aliphatic rings. The average Bonchev–Trinajstić information content (AvgIpc) is 2.75. The molecule has 7 nitrogen and oxygen atoms in total. The van der Waals surface area contributed by atoms with Crippen molar-refractivity contribution in [2.24, 2.45) is 11.5 Å². The number of nitrogens with zero attached hydrogens (tertiary/aromatic N) is 3. The Balaban J connectivity index is 0.000000448. The first-order valence-electron chi connectivity index (χ1n) is 9.69. The molecular formula is C21H35ClN6O. The fourth-order valence-electron chi connectivity index (χ4n) is 2.83. The van der Waals surface area contributed by atoms with Gasteiger partial charge in [-0.25, -0.2) is 0 Å². The summed E-state index contributed by atoms with van der Waals surface area (Å²) in [6.45, 7) is 7.29. The molecule has 0 atom stereocenters. The van der Waals surface area contributed by atoms with Gasteiger partial charge in [-0.15, -0.1) is 5.10 Å². The summed E-state index contributed by atoms with van der Waals surface area (Å²) in [6.07, 6.45) is 5.94. The van der Waals surface area contributed by atoms with Gasteiger partial charge >= 0.3 is 0 Å². The zero-order valence-electron chi connectivity index (χ0n) is 18.0. The SMILES string of the molecule is CN.CNCc1ccc(Cl)c(C)c1.Cc1ccnnc1N1CCCCC1.NC=O. The second-order valence-corrected chi connectivity index (χ2v) is 6.74. The second kappa shape index (κ2) is 16.7. The number of halogens is 1. The van der Waals surface area contributed by atoms with Gasteiger partial charge in [-0.1, -0.05) is 23.7 Å². The molecule has 3 rings (SSSR count). The monoisotopic (exact) mass is 422 g/mol. The number of nitrogens with two attached hydrogens (primary N) is 2. The van der Waals surface area contributed by atoms with Gasteiger partial charge in [-0.05, 0) is 76.0 Å². The third-order valence-electron chi connectivity index (χ3n) is 4.16. The third-order valence-corrected chi connectivity index (χ3v) is 4.58. The first kappa shape index (κ1) is 26.8. The van der Waals surface area contributed by atoms with E-state index in [1.807, 2.05) is 32.2 Å². The number of nitrogens with one attached hydrogen (secondary N) is 1. The van der Waals surface area contributed by atoms with Crippen molar-refractivity contribution in [3.05, 3.63) is 52.2 Å². The zero-order valence-corrected chi connectivity index (χ0v) is 18.7. The van der Waals surface area contributed by atoms with E-state index in [1.54, 1.807) is 6.20 Å². The molecule has 1 aromatic carbocycles. The van der Waals surface area contributed by atoms with Gasteiger partial charge in [-0.3, -0.25) is 4.79 Å². The highest BCUT2D eigenvalue weighted by atomic mass is 35.5. The van der Waals surface area contributed by atoms with Crippen LogP contribution in [0.1, 0.15) is 36.0 Å². The number of amides is 1. The molecule has 0 unspecified atom stereocenters. The number of primary amides is 1. The highest BCUT2D eigenvalue weighted by Gasteiger charge is 2.13. The van der Waals surface area contributed by atoms with Crippen molar-refractivity contribution < 1.29 is 4.79 Å². The van der Waals surface area contributed by atoms with Gasteiger partial charge in [0.15, 0.2) is 5.82 Å².